The van der Waals surface area contributed by atoms with Crippen LogP contribution >= 0.6 is 0 Å². The molecule has 0 saturated heterocycles. The van der Waals surface area contributed by atoms with E-state index in [-0.39, 0.29) is 10.6 Å². The van der Waals surface area contributed by atoms with Crippen LogP contribution in [0.5, 0.6) is 5.75 Å². The molecule has 0 aliphatic heterocycles. The van der Waals surface area contributed by atoms with Crippen LogP contribution in [0.25, 0.3) is 0 Å². The van der Waals surface area contributed by atoms with E-state index in [1.54, 1.807) is 6.07 Å². The molecule has 0 aliphatic carbocycles. The summed E-state index contributed by atoms with van der Waals surface area (Å²) in [7, 11) is 0. The van der Waals surface area contributed by atoms with Crippen LogP contribution in [0.1, 0.15) is 11.1 Å². The predicted molar refractivity (Wildman–Crippen MR) is 83.0 cm³/mol. The standard InChI is InChI=1S/C16H18N2O3/c1-12-4-3-5-16(10-12)21-7-6-17-14-8-13(2)9-15(11-14)18(19)20/h3-5,8-11,17H,6-7H2,1-2H3. The van der Waals surface area contributed by atoms with E-state index in [1.807, 2.05) is 44.2 Å². The van der Waals surface area contributed by atoms with Gasteiger partial charge in [-0.1, -0.05) is 12.1 Å². The Morgan fingerprint density at radius 2 is 1.95 bits per heavy atom. The number of nitrogens with zero attached hydrogens (tertiary/aromatic N) is 1. The summed E-state index contributed by atoms with van der Waals surface area (Å²) < 4.78 is 5.62. The van der Waals surface area contributed by atoms with E-state index in [4.69, 9.17) is 4.74 Å². The van der Waals surface area contributed by atoms with E-state index in [0.717, 1.165) is 22.6 Å². The number of nitrogens with one attached hydrogen (secondary N) is 1. The number of hydrogen-bond donors (Lipinski definition) is 1. The summed E-state index contributed by atoms with van der Waals surface area (Å²) in [6.07, 6.45) is 0. The molecule has 5 heteroatoms. The molecular weight excluding hydrogens is 268 g/mol. The van der Waals surface area contributed by atoms with Gasteiger partial charge >= 0.3 is 0 Å². The van der Waals surface area contributed by atoms with Crippen molar-refractivity contribution < 1.29 is 9.66 Å². The summed E-state index contributed by atoms with van der Waals surface area (Å²) in [6.45, 7) is 4.91. The van der Waals surface area contributed by atoms with E-state index in [0.29, 0.717) is 13.2 Å². The fourth-order valence-electron chi connectivity index (χ4n) is 2.04. The quantitative estimate of drug-likeness (QED) is 0.499. The lowest BCUT2D eigenvalue weighted by Crippen LogP contribution is -2.11. The second kappa shape index (κ2) is 6.74. The van der Waals surface area contributed by atoms with Gasteiger partial charge in [0.15, 0.2) is 0 Å². The Balaban J connectivity index is 1.87. The molecule has 0 aliphatic rings. The average Bonchev–Trinajstić information content (AvgIpc) is 2.43. The lowest BCUT2D eigenvalue weighted by atomic mass is 10.2. The number of anilines is 1. The minimum absolute atomic E-state index is 0.0945. The van der Waals surface area contributed by atoms with Crippen LogP contribution in [-0.2, 0) is 0 Å². The lowest BCUT2D eigenvalue weighted by Gasteiger charge is -2.09. The fourth-order valence-corrected chi connectivity index (χ4v) is 2.04. The van der Waals surface area contributed by atoms with Crippen LogP contribution in [0.15, 0.2) is 42.5 Å². The number of non-ortho nitro benzene ring substituents is 1. The highest BCUT2D eigenvalue weighted by Crippen LogP contribution is 2.20. The third-order valence-electron chi connectivity index (χ3n) is 2.96. The molecule has 0 heterocycles. The molecule has 0 fully saturated rings. The summed E-state index contributed by atoms with van der Waals surface area (Å²) in [6, 6.07) is 12.8. The number of nitro groups is 1. The molecule has 0 aromatic heterocycles. The Kier molecular flexibility index (Phi) is 4.77. The van der Waals surface area contributed by atoms with Crippen LogP contribution in [0.3, 0.4) is 0 Å². The van der Waals surface area contributed by atoms with Crippen molar-refractivity contribution >= 4 is 11.4 Å². The zero-order chi connectivity index (χ0) is 15.2. The highest BCUT2D eigenvalue weighted by molar-refractivity contribution is 5.53. The van der Waals surface area contributed by atoms with Gasteiger partial charge in [0.25, 0.3) is 5.69 Å². The van der Waals surface area contributed by atoms with Crippen LogP contribution in [-0.4, -0.2) is 18.1 Å². The van der Waals surface area contributed by atoms with Crippen molar-refractivity contribution in [3.8, 4) is 5.75 Å². The lowest BCUT2D eigenvalue weighted by molar-refractivity contribution is -0.384. The van der Waals surface area contributed by atoms with Gasteiger partial charge < -0.3 is 10.1 Å². The van der Waals surface area contributed by atoms with Crippen molar-refractivity contribution in [2.24, 2.45) is 0 Å². The number of benzene rings is 2. The predicted octanol–water partition coefficient (Wildman–Crippen LogP) is 3.70. The molecule has 21 heavy (non-hydrogen) atoms. The first-order valence-corrected chi connectivity index (χ1v) is 6.74. The normalized spacial score (nSPS) is 10.2. The van der Waals surface area contributed by atoms with E-state index in [1.165, 1.54) is 6.07 Å². The molecule has 0 radical (unpaired) electrons. The van der Waals surface area contributed by atoms with Gasteiger partial charge in [-0.2, -0.15) is 0 Å². The number of nitro benzene ring substituents is 1. The first kappa shape index (κ1) is 14.8. The molecular formula is C16H18N2O3. The summed E-state index contributed by atoms with van der Waals surface area (Å²) in [5.74, 6) is 0.826. The smallest absolute Gasteiger partial charge is 0.271 e. The Morgan fingerprint density at radius 1 is 1.14 bits per heavy atom. The molecule has 0 spiro atoms. The van der Waals surface area contributed by atoms with Gasteiger partial charge in [0.2, 0.25) is 0 Å². The van der Waals surface area contributed by atoms with E-state index < -0.39 is 0 Å². The van der Waals surface area contributed by atoms with Gasteiger partial charge in [-0.15, -0.1) is 0 Å². The van der Waals surface area contributed by atoms with Gasteiger partial charge in [0, 0.05) is 24.4 Å². The Bertz CT molecular complexity index is 641. The second-order valence-electron chi connectivity index (χ2n) is 4.91. The number of rotatable bonds is 6. The molecule has 5 nitrogen and oxygen atoms in total. The van der Waals surface area contributed by atoms with Crippen molar-refractivity contribution in [3.05, 3.63) is 63.7 Å². The summed E-state index contributed by atoms with van der Waals surface area (Å²) in [4.78, 5) is 10.4. The van der Waals surface area contributed by atoms with Crippen LogP contribution < -0.4 is 10.1 Å². The minimum Gasteiger partial charge on any atom is -0.492 e. The molecule has 0 saturated carbocycles. The number of ether oxygens (including phenoxy) is 1. The third-order valence-corrected chi connectivity index (χ3v) is 2.96. The van der Waals surface area contributed by atoms with Crippen molar-refractivity contribution in [1.29, 1.82) is 0 Å². The highest BCUT2D eigenvalue weighted by atomic mass is 16.6. The zero-order valence-electron chi connectivity index (χ0n) is 12.1. The van der Waals surface area contributed by atoms with Crippen LogP contribution in [0.2, 0.25) is 0 Å². The molecule has 2 aromatic carbocycles. The average molecular weight is 286 g/mol. The topological polar surface area (TPSA) is 64.4 Å². The monoisotopic (exact) mass is 286 g/mol. The molecule has 2 rings (SSSR count). The number of hydrogen-bond acceptors (Lipinski definition) is 4. The Hall–Kier alpha value is -2.56. The maximum atomic E-state index is 10.8. The second-order valence-corrected chi connectivity index (χ2v) is 4.91. The molecule has 0 unspecified atom stereocenters. The molecule has 2 aromatic rings. The SMILES string of the molecule is Cc1cccc(OCCNc2cc(C)cc([N+](=O)[O-])c2)c1. The maximum absolute atomic E-state index is 10.8. The Morgan fingerprint density at radius 3 is 2.67 bits per heavy atom. The molecule has 110 valence electrons. The van der Waals surface area contributed by atoms with Crippen LogP contribution in [0, 0.1) is 24.0 Å². The van der Waals surface area contributed by atoms with Gasteiger partial charge in [0.1, 0.15) is 12.4 Å². The van der Waals surface area contributed by atoms with Crippen molar-refractivity contribution in [3.63, 3.8) is 0 Å². The largest absolute Gasteiger partial charge is 0.492 e. The van der Waals surface area contributed by atoms with E-state index >= 15 is 0 Å². The number of aryl methyl sites for hydroxylation is 2. The van der Waals surface area contributed by atoms with Crippen molar-refractivity contribution in [2.45, 2.75) is 13.8 Å². The summed E-state index contributed by atoms with van der Waals surface area (Å²) in [5, 5.41) is 13.9. The van der Waals surface area contributed by atoms with E-state index in [9.17, 15) is 10.1 Å². The molecule has 0 atom stereocenters. The summed E-state index contributed by atoms with van der Waals surface area (Å²) >= 11 is 0. The fraction of sp³-hybridized carbons (Fsp3) is 0.250. The molecule has 0 amide bonds. The van der Waals surface area contributed by atoms with Crippen molar-refractivity contribution in [1.82, 2.24) is 0 Å². The zero-order valence-corrected chi connectivity index (χ0v) is 12.1. The van der Waals surface area contributed by atoms with Gasteiger partial charge in [0.05, 0.1) is 4.92 Å². The highest BCUT2D eigenvalue weighted by Gasteiger charge is 2.07. The first-order valence-electron chi connectivity index (χ1n) is 6.74. The summed E-state index contributed by atoms with van der Waals surface area (Å²) in [5.41, 5.74) is 2.83. The first-order chi connectivity index (χ1) is 10.0. The van der Waals surface area contributed by atoms with E-state index in [2.05, 4.69) is 5.32 Å². The van der Waals surface area contributed by atoms with Gasteiger partial charge in [-0.05, 0) is 43.2 Å². The van der Waals surface area contributed by atoms with Gasteiger partial charge in [-0.25, -0.2) is 0 Å². The van der Waals surface area contributed by atoms with Gasteiger partial charge in [-0.3, -0.25) is 10.1 Å². The third kappa shape index (κ3) is 4.49. The maximum Gasteiger partial charge on any atom is 0.271 e. The molecule has 0 bridgehead atoms. The van der Waals surface area contributed by atoms with Crippen molar-refractivity contribution in [2.75, 3.05) is 18.5 Å². The Labute approximate surface area is 123 Å². The minimum atomic E-state index is -0.387. The molecule has 1 N–H and O–H groups in total. The van der Waals surface area contributed by atoms with Crippen LogP contribution in [0.4, 0.5) is 11.4 Å².